The van der Waals surface area contributed by atoms with E-state index in [1.165, 1.54) is 24.8 Å². The Morgan fingerprint density at radius 3 is 2.27 bits per heavy atom. The second-order valence-electron chi connectivity index (χ2n) is 4.00. The molecular weight excluding hydrogens is 202 g/mol. The second kappa shape index (κ2) is 5.86. The van der Waals surface area contributed by atoms with Crippen LogP contribution in [0, 0.1) is 0 Å². The monoisotopic (exact) mass is 221 g/mol. The fourth-order valence-electron chi connectivity index (χ4n) is 1.45. The number of rotatable bonds is 4. The van der Waals surface area contributed by atoms with Crippen molar-refractivity contribution in [1.29, 1.82) is 0 Å². The molecule has 0 saturated carbocycles. The van der Waals surface area contributed by atoms with Gasteiger partial charge >= 0.3 is 0 Å². The molecule has 1 rings (SSSR count). The van der Waals surface area contributed by atoms with Crippen molar-refractivity contribution < 1.29 is 0 Å². The van der Waals surface area contributed by atoms with Crippen LogP contribution in [0.2, 0.25) is 0 Å². The molecule has 1 aromatic carbocycles. The van der Waals surface area contributed by atoms with E-state index in [-0.39, 0.29) is 0 Å². The van der Waals surface area contributed by atoms with Gasteiger partial charge in [0.15, 0.2) is 0 Å². The summed E-state index contributed by atoms with van der Waals surface area (Å²) in [5.74, 6) is 0. The van der Waals surface area contributed by atoms with Crippen LogP contribution < -0.4 is 0 Å². The standard InChI is InChI=1S/C13H19NS/c1-4-5-6-11-7-9-12(10-8-11)13(15)14(2)3/h7-10H,4-6H2,1-3H3. The lowest BCUT2D eigenvalue weighted by atomic mass is 10.1. The molecular formula is C13H19NS. The van der Waals surface area contributed by atoms with Gasteiger partial charge in [-0.2, -0.15) is 0 Å². The van der Waals surface area contributed by atoms with Crippen molar-refractivity contribution in [2.45, 2.75) is 26.2 Å². The van der Waals surface area contributed by atoms with E-state index in [2.05, 4.69) is 31.2 Å². The minimum Gasteiger partial charge on any atom is -0.368 e. The summed E-state index contributed by atoms with van der Waals surface area (Å²) < 4.78 is 0. The Labute approximate surface area is 98.1 Å². The maximum atomic E-state index is 5.30. The van der Waals surface area contributed by atoms with Crippen LogP contribution in [0.4, 0.5) is 0 Å². The number of hydrogen-bond donors (Lipinski definition) is 0. The fourth-order valence-corrected chi connectivity index (χ4v) is 1.59. The molecule has 15 heavy (non-hydrogen) atoms. The number of nitrogens with zero attached hydrogens (tertiary/aromatic N) is 1. The zero-order valence-corrected chi connectivity index (χ0v) is 10.6. The predicted octanol–water partition coefficient (Wildman–Crippen LogP) is 3.27. The molecule has 0 aliphatic rings. The molecule has 0 amide bonds. The minimum atomic E-state index is 0.900. The Hall–Kier alpha value is -0.890. The topological polar surface area (TPSA) is 3.24 Å². The highest BCUT2D eigenvalue weighted by Crippen LogP contribution is 2.09. The summed E-state index contributed by atoms with van der Waals surface area (Å²) in [7, 11) is 3.96. The van der Waals surface area contributed by atoms with Gasteiger partial charge in [-0.25, -0.2) is 0 Å². The Morgan fingerprint density at radius 2 is 1.80 bits per heavy atom. The Morgan fingerprint density at radius 1 is 1.20 bits per heavy atom. The summed E-state index contributed by atoms with van der Waals surface area (Å²) in [6.45, 7) is 2.22. The summed E-state index contributed by atoms with van der Waals surface area (Å²) in [5, 5.41) is 0. The van der Waals surface area contributed by atoms with Crippen LogP contribution in [-0.2, 0) is 6.42 Å². The Kier molecular flexibility index (Phi) is 4.76. The van der Waals surface area contributed by atoms with Crippen molar-refractivity contribution in [3.63, 3.8) is 0 Å². The van der Waals surface area contributed by atoms with E-state index in [4.69, 9.17) is 12.2 Å². The van der Waals surface area contributed by atoms with Gasteiger partial charge in [-0.05, 0) is 18.4 Å². The molecule has 0 N–H and O–H groups in total. The molecule has 1 aromatic rings. The number of hydrogen-bond acceptors (Lipinski definition) is 1. The molecule has 0 radical (unpaired) electrons. The lowest BCUT2D eigenvalue weighted by Gasteiger charge is -2.13. The molecule has 0 heterocycles. The van der Waals surface area contributed by atoms with Gasteiger partial charge in [0.1, 0.15) is 4.99 Å². The second-order valence-corrected chi connectivity index (χ2v) is 4.39. The van der Waals surface area contributed by atoms with E-state index in [1.807, 2.05) is 19.0 Å². The van der Waals surface area contributed by atoms with E-state index in [1.54, 1.807) is 0 Å². The van der Waals surface area contributed by atoms with Crippen LogP contribution in [-0.4, -0.2) is 24.0 Å². The van der Waals surface area contributed by atoms with E-state index < -0.39 is 0 Å². The maximum absolute atomic E-state index is 5.30. The molecule has 0 aliphatic carbocycles. The van der Waals surface area contributed by atoms with Crippen molar-refractivity contribution in [1.82, 2.24) is 4.90 Å². The number of aryl methyl sites for hydroxylation is 1. The summed E-state index contributed by atoms with van der Waals surface area (Å²) in [6, 6.07) is 8.60. The van der Waals surface area contributed by atoms with Gasteiger partial charge in [0.2, 0.25) is 0 Å². The quantitative estimate of drug-likeness (QED) is 0.718. The van der Waals surface area contributed by atoms with Crippen molar-refractivity contribution >= 4 is 17.2 Å². The molecule has 0 unspecified atom stereocenters. The van der Waals surface area contributed by atoms with Crippen LogP contribution >= 0.6 is 12.2 Å². The Balaban J connectivity index is 2.68. The van der Waals surface area contributed by atoms with Gasteiger partial charge in [0, 0.05) is 19.7 Å². The van der Waals surface area contributed by atoms with Crippen LogP contribution in [0.25, 0.3) is 0 Å². The molecule has 82 valence electrons. The van der Waals surface area contributed by atoms with Crippen molar-refractivity contribution in [2.75, 3.05) is 14.1 Å². The first-order valence-corrected chi connectivity index (χ1v) is 5.86. The average molecular weight is 221 g/mol. The molecule has 0 atom stereocenters. The third kappa shape index (κ3) is 3.63. The first-order valence-electron chi connectivity index (χ1n) is 5.45. The fraction of sp³-hybridized carbons (Fsp3) is 0.462. The molecule has 0 aliphatic heterocycles. The van der Waals surface area contributed by atoms with Crippen LogP contribution in [0.3, 0.4) is 0 Å². The molecule has 0 fully saturated rings. The van der Waals surface area contributed by atoms with E-state index in [9.17, 15) is 0 Å². The first-order chi connectivity index (χ1) is 7.15. The van der Waals surface area contributed by atoms with E-state index in [0.29, 0.717) is 0 Å². The summed E-state index contributed by atoms with van der Waals surface area (Å²) in [6.07, 6.45) is 3.68. The van der Waals surface area contributed by atoms with Crippen LogP contribution in [0.5, 0.6) is 0 Å². The lowest BCUT2D eigenvalue weighted by molar-refractivity contribution is 0.636. The SMILES string of the molecule is CCCCc1ccc(C(=S)N(C)C)cc1. The zero-order chi connectivity index (χ0) is 11.3. The minimum absolute atomic E-state index is 0.900. The van der Waals surface area contributed by atoms with Gasteiger partial charge in [0.05, 0.1) is 0 Å². The lowest BCUT2D eigenvalue weighted by Crippen LogP contribution is -2.20. The van der Waals surface area contributed by atoms with Crippen LogP contribution in [0.15, 0.2) is 24.3 Å². The first kappa shape index (κ1) is 12.2. The summed E-state index contributed by atoms with van der Waals surface area (Å²) in [4.78, 5) is 2.87. The maximum Gasteiger partial charge on any atom is 0.108 e. The third-order valence-corrected chi connectivity index (χ3v) is 3.03. The van der Waals surface area contributed by atoms with Gasteiger partial charge in [-0.15, -0.1) is 0 Å². The van der Waals surface area contributed by atoms with Crippen molar-refractivity contribution in [3.05, 3.63) is 35.4 Å². The molecule has 0 saturated heterocycles. The van der Waals surface area contributed by atoms with Gasteiger partial charge in [-0.1, -0.05) is 49.8 Å². The van der Waals surface area contributed by atoms with Gasteiger partial charge < -0.3 is 4.90 Å². The predicted molar refractivity (Wildman–Crippen MR) is 70.4 cm³/mol. The molecule has 2 heteroatoms. The largest absolute Gasteiger partial charge is 0.368 e. The number of thiocarbonyl (C=S) groups is 1. The smallest absolute Gasteiger partial charge is 0.108 e. The van der Waals surface area contributed by atoms with Gasteiger partial charge in [0.25, 0.3) is 0 Å². The highest BCUT2D eigenvalue weighted by atomic mass is 32.1. The van der Waals surface area contributed by atoms with Gasteiger partial charge in [-0.3, -0.25) is 0 Å². The van der Waals surface area contributed by atoms with E-state index >= 15 is 0 Å². The average Bonchev–Trinajstić information content (AvgIpc) is 2.26. The Bertz CT molecular complexity index is 314. The third-order valence-electron chi connectivity index (χ3n) is 2.43. The highest BCUT2D eigenvalue weighted by Gasteiger charge is 2.02. The molecule has 0 spiro atoms. The number of benzene rings is 1. The molecule has 0 aromatic heterocycles. The van der Waals surface area contributed by atoms with Crippen LogP contribution in [0.1, 0.15) is 30.9 Å². The zero-order valence-electron chi connectivity index (χ0n) is 9.79. The highest BCUT2D eigenvalue weighted by molar-refractivity contribution is 7.80. The molecule has 0 bridgehead atoms. The molecule has 1 nitrogen and oxygen atoms in total. The van der Waals surface area contributed by atoms with E-state index in [0.717, 1.165) is 10.6 Å². The summed E-state index contributed by atoms with van der Waals surface area (Å²) in [5.41, 5.74) is 2.54. The normalized spacial score (nSPS) is 10.1. The van der Waals surface area contributed by atoms with Crippen molar-refractivity contribution in [3.8, 4) is 0 Å². The summed E-state index contributed by atoms with van der Waals surface area (Å²) >= 11 is 5.30. The van der Waals surface area contributed by atoms with Crippen molar-refractivity contribution in [2.24, 2.45) is 0 Å². The number of unbranched alkanes of at least 4 members (excludes halogenated alkanes) is 1.